The van der Waals surface area contributed by atoms with Crippen LogP contribution in [0, 0.1) is 5.92 Å². The van der Waals surface area contributed by atoms with Crippen LogP contribution >= 0.6 is 0 Å². The van der Waals surface area contributed by atoms with Crippen LogP contribution in [0.1, 0.15) is 26.7 Å². The van der Waals surface area contributed by atoms with Crippen LogP contribution < -0.4 is 4.90 Å². The van der Waals surface area contributed by atoms with Crippen molar-refractivity contribution in [2.45, 2.75) is 32.7 Å². The highest BCUT2D eigenvalue weighted by molar-refractivity contribution is 5.78. The van der Waals surface area contributed by atoms with Crippen LogP contribution in [0.5, 0.6) is 0 Å². The summed E-state index contributed by atoms with van der Waals surface area (Å²) in [7, 11) is 1.93. The Labute approximate surface area is 115 Å². The average molecular weight is 261 g/mol. The van der Waals surface area contributed by atoms with E-state index in [0.29, 0.717) is 6.04 Å². The third-order valence-corrected chi connectivity index (χ3v) is 3.83. The number of nitrogens with zero attached hydrogens (tertiary/aromatic N) is 3. The largest absolute Gasteiger partial charge is 0.356 e. The lowest BCUT2D eigenvalue weighted by Crippen LogP contribution is -2.46. The number of carbonyl (C=O) groups is 1. The number of pyridine rings is 1. The zero-order valence-corrected chi connectivity index (χ0v) is 12.0. The second-order valence-corrected chi connectivity index (χ2v) is 5.51. The molecule has 2 rings (SSSR count). The Balaban J connectivity index is 1.91. The summed E-state index contributed by atoms with van der Waals surface area (Å²) in [5.41, 5.74) is 0. The van der Waals surface area contributed by atoms with Crippen LogP contribution in [0.15, 0.2) is 24.4 Å². The minimum Gasteiger partial charge on any atom is -0.356 e. The molecule has 0 unspecified atom stereocenters. The van der Waals surface area contributed by atoms with E-state index in [2.05, 4.69) is 9.88 Å². The summed E-state index contributed by atoms with van der Waals surface area (Å²) in [4.78, 5) is 20.6. The monoisotopic (exact) mass is 261 g/mol. The number of rotatable bonds is 3. The maximum atomic E-state index is 12.0. The van der Waals surface area contributed by atoms with Gasteiger partial charge in [-0.3, -0.25) is 4.79 Å². The van der Waals surface area contributed by atoms with Crippen LogP contribution in [0.2, 0.25) is 0 Å². The minimum atomic E-state index is 0.0822. The Kier molecular flexibility index (Phi) is 4.40. The van der Waals surface area contributed by atoms with E-state index in [1.54, 1.807) is 0 Å². The van der Waals surface area contributed by atoms with Crippen molar-refractivity contribution in [3.63, 3.8) is 0 Å². The van der Waals surface area contributed by atoms with Crippen molar-refractivity contribution in [3.8, 4) is 0 Å². The van der Waals surface area contributed by atoms with Crippen LogP contribution in [-0.4, -0.2) is 42.0 Å². The molecule has 1 amide bonds. The highest BCUT2D eigenvalue weighted by Crippen LogP contribution is 2.21. The van der Waals surface area contributed by atoms with Crippen LogP contribution in [0.4, 0.5) is 5.82 Å². The molecule has 0 N–H and O–H groups in total. The number of hydrogen-bond acceptors (Lipinski definition) is 3. The summed E-state index contributed by atoms with van der Waals surface area (Å²) < 4.78 is 0. The van der Waals surface area contributed by atoms with Crippen molar-refractivity contribution in [2.75, 3.05) is 25.0 Å². The van der Waals surface area contributed by atoms with Crippen LogP contribution in [0.3, 0.4) is 0 Å². The minimum absolute atomic E-state index is 0.0822. The van der Waals surface area contributed by atoms with E-state index in [1.165, 1.54) is 0 Å². The number of anilines is 1. The first-order valence-electron chi connectivity index (χ1n) is 7.02. The highest BCUT2D eigenvalue weighted by Gasteiger charge is 2.26. The number of piperidine rings is 1. The lowest BCUT2D eigenvalue weighted by atomic mass is 10.0. The van der Waals surface area contributed by atoms with Gasteiger partial charge in [-0.2, -0.15) is 0 Å². The van der Waals surface area contributed by atoms with E-state index < -0.39 is 0 Å². The quantitative estimate of drug-likeness (QED) is 0.836. The molecule has 1 aromatic heterocycles. The van der Waals surface area contributed by atoms with Gasteiger partial charge in [-0.1, -0.05) is 19.9 Å². The van der Waals surface area contributed by atoms with Crippen LogP contribution in [-0.2, 0) is 4.79 Å². The fourth-order valence-electron chi connectivity index (χ4n) is 2.61. The van der Waals surface area contributed by atoms with Gasteiger partial charge in [0.1, 0.15) is 5.82 Å². The van der Waals surface area contributed by atoms with E-state index in [9.17, 15) is 4.79 Å². The average Bonchev–Trinajstić information content (AvgIpc) is 2.46. The molecule has 0 bridgehead atoms. The first-order valence-corrected chi connectivity index (χ1v) is 7.02. The highest BCUT2D eigenvalue weighted by atomic mass is 16.2. The molecule has 4 nitrogen and oxygen atoms in total. The number of carbonyl (C=O) groups excluding carboxylic acids is 1. The van der Waals surface area contributed by atoms with Gasteiger partial charge in [0.2, 0.25) is 5.91 Å². The first kappa shape index (κ1) is 13.8. The maximum Gasteiger partial charge on any atom is 0.225 e. The van der Waals surface area contributed by atoms with Gasteiger partial charge in [0.25, 0.3) is 0 Å². The topological polar surface area (TPSA) is 36.4 Å². The maximum absolute atomic E-state index is 12.0. The predicted octanol–water partition coefficient (Wildman–Crippen LogP) is 2.16. The molecule has 0 aliphatic carbocycles. The van der Waals surface area contributed by atoms with Crippen molar-refractivity contribution in [3.05, 3.63) is 24.4 Å². The Morgan fingerprint density at radius 2 is 2.05 bits per heavy atom. The molecule has 0 atom stereocenters. The standard InChI is InChI=1S/C15H23N3O/c1-12(2)15(19)17(3)13-7-10-18(11-8-13)14-6-4-5-9-16-14/h4-6,9,12-13H,7-8,10-11H2,1-3H3. The molecule has 0 radical (unpaired) electrons. The summed E-state index contributed by atoms with van der Waals surface area (Å²) in [6.07, 6.45) is 3.87. The van der Waals surface area contributed by atoms with Gasteiger partial charge in [-0.15, -0.1) is 0 Å². The number of aromatic nitrogens is 1. The molecule has 2 heterocycles. The molecule has 1 saturated heterocycles. The van der Waals surface area contributed by atoms with E-state index in [4.69, 9.17) is 0 Å². The first-order chi connectivity index (χ1) is 9.09. The van der Waals surface area contributed by atoms with Gasteiger partial charge < -0.3 is 9.80 Å². The van der Waals surface area contributed by atoms with Gasteiger partial charge in [0, 0.05) is 38.3 Å². The van der Waals surface area contributed by atoms with Gasteiger partial charge in [-0.05, 0) is 25.0 Å². The molecule has 1 aliphatic rings. The lowest BCUT2D eigenvalue weighted by Gasteiger charge is -2.37. The van der Waals surface area contributed by atoms with E-state index in [0.717, 1.165) is 31.7 Å². The SMILES string of the molecule is CC(C)C(=O)N(C)C1CCN(c2ccccn2)CC1. The molecule has 0 spiro atoms. The second kappa shape index (κ2) is 6.04. The summed E-state index contributed by atoms with van der Waals surface area (Å²) in [6.45, 7) is 5.86. The Morgan fingerprint density at radius 3 is 2.58 bits per heavy atom. The fourth-order valence-corrected chi connectivity index (χ4v) is 2.61. The molecule has 19 heavy (non-hydrogen) atoms. The summed E-state index contributed by atoms with van der Waals surface area (Å²) in [5, 5.41) is 0. The van der Waals surface area contributed by atoms with Gasteiger partial charge in [-0.25, -0.2) is 4.98 Å². The number of amides is 1. The molecule has 1 fully saturated rings. The zero-order valence-electron chi connectivity index (χ0n) is 12.0. The third-order valence-electron chi connectivity index (χ3n) is 3.83. The Hall–Kier alpha value is -1.58. The van der Waals surface area contributed by atoms with E-state index in [1.807, 2.05) is 50.2 Å². The lowest BCUT2D eigenvalue weighted by molar-refractivity contribution is -0.135. The summed E-state index contributed by atoms with van der Waals surface area (Å²) in [6, 6.07) is 6.37. The van der Waals surface area contributed by atoms with Crippen molar-refractivity contribution in [1.82, 2.24) is 9.88 Å². The predicted molar refractivity (Wildman–Crippen MR) is 77.1 cm³/mol. The number of hydrogen-bond donors (Lipinski definition) is 0. The molecule has 0 aromatic carbocycles. The summed E-state index contributed by atoms with van der Waals surface area (Å²) in [5.74, 6) is 1.37. The molecular formula is C15H23N3O. The van der Waals surface area contributed by atoms with Crippen molar-refractivity contribution < 1.29 is 4.79 Å². The van der Waals surface area contributed by atoms with Gasteiger partial charge in [0.05, 0.1) is 0 Å². The third kappa shape index (κ3) is 3.25. The van der Waals surface area contributed by atoms with Crippen molar-refractivity contribution in [1.29, 1.82) is 0 Å². The fraction of sp³-hybridized carbons (Fsp3) is 0.600. The Bertz CT molecular complexity index is 411. The molecule has 1 aliphatic heterocycles. The molecule has 4 heteroatoms. The smallest absolute Gasteiger partial charge is 0.225 e. The molecular weight excluding hydrogens is 238 g/mol. The zero-order chi connectivity index (χ0) is 13.8. The van der Waals surface area contributed by atoms with E-state index in [-0.39, 0.29) is 11.8 Å². The normalized spacial score (nSPS) is 16.7. The second-order valence-electron chi connectivity index (χ2n) is 5.51. The van der Waals surface area contributed by atoms with Gasteiger partial charge >= 0.3 is 0 Å². The van der Waals surface area contributed by atoms with Crippen molar-refractivity contribution >= 4 is 11.7 Å². The summed E-state index contributed by atoms with van der Waals surface area (Å²) >= 11 is 0. The molecule has 1 aromatic rings. The molecule has 104 valence electrons. The Morgan fingerprint density at radius 1 is 1.37 bits per heavy atom. The van der Waals surface area contributed by atoms with Gasteiger partial charge in [0.15, 0.2) is 0 Å². The van der Waals surface area contributed by atoms with Crippen LogP contribution in [0.25, 0.3) is 0 Å². The van der Waals surface area contributed by atoms with Crippen molar-refractivity contribution in [2.24, 2.45) is 5.92 Å². The molecule has 0 saturated carbocycles. The van der Waals surface area contributed by atoms with E-state index >= 15 is 0 Å².